The highest BCUT2D eigenvalue weighted by molar-refractivity contribution is 8.13. The first-order chi connectivity index (χ1) is 8.97. The molecule has 0 radical (unpaired) electrons. The van der Waals surface area contributed by atoms with E-state index in [1.807, 2.05) is 0 Å². The lowest BCUT2D eigenvalue weighted by atomic mass is 10.3. The molecule has 0 fully saturated rings. The molecular formula is C9H11ClF3N3O3S. The third kappa shape index (κ3) is 3.85. The number of nitrogens with zero attached hydrogens (tertiary/aromatic N) is 2. The number of halogens is 4. The van der Waals surface area contributed by atoms with Crippen LogP contribution in [-0.2, 0) is 9.05 Å². The van der Waals surface area contributed by atoms with E-state index in [0.29, 0.717) is 4.90 Å². The van der Waals surface area contributed by atoms with Gasteiger partial charge in [0.25, 0.3) is 15.0 Å². The van der Waals surface area contributed by atoms with Crippen LogP contribution in [0.5, 0.6) is 0 Å². The average Bonchev–Trinajstić information content (AvgIpc) is 2.65. The number of alkyl halides is 3. The van der Waals surface area contributed by atoms with Gasteiger partial charge in [0.1, 0.15) is 11.4 Å². The van der Waals surface area contributed by atoms with Gasteiger partial charge in [0.05, 0.1) is 5.69 Å². The van der Waals surface area contributed by atoms with Crippen molar-refractivity contribution in [3.63, 3.8) is 0 Å². The molecule has 11 heteroatoms. The first-order valence-corrected chi connectivity index (χ1v) is 7.64. The number of carbonyl (C=O) groups excluding carboxylic acids is 1. The van der Waals surface area contributed by atoms with E-state index in [0.717, 1.165) is 0 Å². The highest BCUT2D eigenvalue weighted by atomic mass is 35.7. The lowest BCUT2D eigenvalue weighted by Crippen LogP contribution is -2.39. The molecule has 1 rings (SSSR count). The molecule has 0 aliphatic carbocycles. The average molecular weight is 334 g/mol. The van der Waals surface area contributed by atoms with Crippen LogP contribution in [0.25, 0.3) is 0 Å². The number of hydrogen-bond donors (Lipinski definition) is 1. The van der Waals surface area contributed by atoms with E-state index in [-0.39, 0.29) is 12.2 Å². The van der Waals surface area contributed by atoms with E-state index in [2.05, 4.69) is 10.2 Å². The fraction of sp³-hybridized carbons (Fsp3) is 0.556. The lowest BCUT2D eigenvalue weighted by Gasteiger charge is -2.21. The third-order valence-corrected chi connectivity index (χ3v) is 3.83. The molecule has 0 saturated carbocycles. The van der Waals surface area contributed by atoms with Crippen molar-refractivity contribution < 1.29 is 26.4 Å². The molecule has 1 amide bonds. The van der Waals surface area contributed by atoms with Crippen LogP contribution < -0.4 is 0 Å². The van der Waals surface area contributed by atoms with Gasteiger partial charge < -0.3 is 4.90 Å². The van der Waals surface area contributed by atoms with E-state index < -0.39 is 38.3 Å². The molecule has 0 atom stereocenters. The summed E-state index contributed by atoms with van der Waals surface area (Å²) < 4.78 is 59.7. The second kappa shape index (κ2) is 5.60. The molecule has 1 aromatic heterocycles. The Morgan fingerprint density at radius 2 is 2.00 bits per heavy atom. The van der Waals surface area contributed by atoms with Crippen LogP contribution in [0.4, 0.5) is 13.2 Å². The van der Waals surface area contributed by atoms with Gasteiger partial charge in [0.2, 0.25) is 0 Å². The van der Waals surface area contributed by atoms with Gasteiger partial charge in [-0.1, -0.05) is 0 Å². The van der Waals surface area contributed by atoms with Crippen LogP contribution in [0.3, 0.4) is 0 Å². The van der Waals surface area contributed by atoms with Gasteiger partial charge in [-0.25, -0.2) is 8.42 Å². The number of rotatable bonds is 4. The van der Waals surface area contributed by atoms with Gasteiger partial charge in [-0.2, -0.15) is 18.3 Å². The standard InChI is InChI=1S/C9H11ClF3N3O3S/c1-3-16(4-9(11,12)13)8(17)6-7(20(10,18)19)5(2)14-15-6/h3-4H2,1-2H3,(H,14,15). The summed E-state index contributed by atoms with van der Waals surface area (Å²) in [6.45, 7) is 0.860. The van der Waals surface area contributed by atoms with Gasteiger partial charge in [-0.15, -0.1) is 0 Å². The van der Waals surface area contributed by atoms with Crippen molar-refractivity contribution in [1.82, 2.24) is 15.1 Å². The van der Waals surface area contributed by atoms with Crippen molar-refractivity contribution >= 4 is 25.6 Å². The van der Waals surface area contributed by atoms with Crippen molar-refractivity contribution in [3.05, 3.63) is 11.4 Å². The molecule has 1 aromatic rings. The molecule has 0 aromatic carbocycles. The van der Waals surface area contributed by atoms with Crippen LogP contribution in [0.2, 0.25) is 0 Å². The monoisotopic (exact) mass is 333 g/mol. The number of amides is 1. The zero-order valence-electron chi connectivity index (χ0n) is 10.5. The van der Waals surface area contributed by atoms with E-state index in [4.69, 9.17) is 10.7 Å². The SMILES string of the molecule is CCN(CC(F)(F)F)C(=O)c1n[nH]c(C)c1S(=O)(=O)Cl. The maximum atomic E-state index is 12.3. The molecular weight excluding hydrogens is 323 g/mol. The maximum absolute atomic E-state index is 12.3. The van der Waals surface area contributed by atoms with E-state index >= 15 is 0 Å². The minimum atomic E-state index is -4.60. The number of aromatic nitrogens is 2. The molecule has 20 heavy (non-hydrogen) atoms. The van der Waals surface area contributed by atoms with Crippen molar-refractivity contribution in [2.45, 2.75) is 24.9 Å². The molecule has 0 spiro atoms. The molecule has 0 aliphatic heterocycles. The van der Waals surface area contributed by atoms with Crippen molar-refractivity contribution in [3.8, 4) is 0 Å². The minimum Gasteiger partial charge on any atom is -0.328 e. The number of nitrogens with one attached hydrogen (secondary N) is 1. The number of hydrogen-bond acceptors (Lipinski definition) is 4. The Morgan fingerprint density at radius 3 is 2.40 bits per heavy atom. The summed E-state index contributed by atoms with van der Waals surface area (Å²) in [7, 11) is 0.853. The number of aromatic amines is 1. The normalized spacial score (nSPS) is 12.5. The molecule has 114 valence electrons. The molecule has 6 nitrogen and oxygen atoms in total. The first kappa shape index (κ1) is 16.8. The molecule has 1 N–H and O–H groups in total. The Kier molecular flexibility index (Phi) is 4.70. The second-order valence-electron chi connectivity index (χ2n) is 3.90. The summed E-state index contributed by atoms with van der Waals surface area (Å²) >= 11 is 0. The van der Waals surface area contributed by atoms with Gasteiger partial charge in [-0.05, 0) is 13.8 Å². The zero-order chi connectivity index (χ0) is 15.7. The summed E-state index contributed by atoms with van der Waals surface area (Å²) in [5.74, 6) is -1.16. The Balaban J connectivity index is 3.22. The Morgan fingerprint density at radius 1 is 1.45 bits per heavy atom. The summed E-state index contributed by atoms with van der Waals surface area (Å²) in [6.07, 6.45) is -4.60. The van der Waals surface area contributed by atoms with Crippen LogP contribution in [0.1, 0.15) is 23.1 Å². The van der Waals surface area contributed by atoms with E-state index in [1.165, 1.54) is 13.8 Å². The molecule has 1 heterocycles. The zero-order valence-corrected chi connectivity index (χ0v) is 12.0. The Hall–Kier alpha value is -1.29. The number of carbonyl (C=O) groups is 1. The third-order valence-electron chi connectivity index (χ3n) is 2.38. The van der Waals surface area contributed by atoms with Crippen LogP contribution in [0.15, 0.2) is 4.90 Å². The van der Waals surface area contributed by atoms with E-state index in [9.17, 15) is 26.4 Å². The maximum Gasteiger partial charge on any atom is 0.406 e. The second-order valence-corrected chi connectivity index (χ2v) is 6.40. The summed E-state index contributed by atoms with van der Waals surface area (Å²) in [5, 5.41) is 5.66. The number of aryl methyl sites for hydroxylation is 1. The van der Waals surface area contributed by atoms with Crippen LogP contribution in [-0.4, -0.2) is 48.7 Å². The van der Waals surface area contributed by atoms with E-state index in [1.54, 1.807) is 0 Å². The predicted molar refractivity (Wildman–Crippen MR) is 64.0 cm³/mol. The Bertz CT molecular complexity index is 612. The van der Waals surface area contributed by atoms with Gasteiger partial charge in [-0.3, -0.25) is 9.89 Å². The minimum absolute atomic E-state index is 0.0218. The van der Waals surface area contributed by atoms with Crippen molar-refractivity contribution in [1.29, 1.82) is 0 Å². The van der Waals surface area contributed by atoms with Gasteiger partial charge in [0.15, 0.2) is 5.69 Å². The molecule has 0 aliphatic rings. The fourth-order valence-electron chi connectivity index (χ4n) is 1.56. The molecule has 0 saturated heterocycles. The fourth-order valence-corrected chi connectivity index (χ4v) is 2.90. The molecule has 0 bridgehead atoms. The summed E-state index contributed by atoms with van der Waals surface area (Å²) in [6, 6.07) is 0. The lowest BCUT2D eigenvalue weighted by molar-refractivity contribution is -0.140. The predicted octanol–water partition coefficient (Wildman–Crippen LogP) is 1.67. The first-order valence-electron chi connectivity index (χ1n) is 5.33. The van der Waals surface area contributed by atoms with Crippen LogP contribution >= 0.6 is 10.7 Å². The smallest absolute Gasteiger partial charge is 0.328 e. The summed E-state index contributed by atoms with van der Waals surface area (Å²) in [5.41, 5.74) is -0.671. The highest BCUT2D eigenvalue weighted by Gasteiger charge is 2.36. The Labute approximate surface area is 117 Å². The van der Waals surface area contributed by atoms with Crippen molar-refractivity contribution in [2.75, 3.05) is 13.1 Å². The van der Waals surface area contributed by atoms with Crippen LogP contribution in [0, 0.1) is 6.92 Å². The summed E-state index contributed by atoms with van der Waals surface area (Å²) in [4.78, 5) is 11.8. The van der Waals surface area contributed by atoms with Gasteiger partial charge >= 0.3 is 6.18 Å². The van der Waals surface area contributed by atoms with Crippen molar-refractivity contribution in [2.24, 2.45) is 0 Å². The number of H-pyrrole nitrogens is 1. The largest absolute Gasteiger partial charge is 0.406 e. The molecule has 0 unspecified atom stereocenters. The topological polar surface area (TPSA) is 83.1 Å². The van der Waals surface area contributed by atoms with Gasteiger partial charge in [0, 0.05) is 17.2 Å². The highest BCUT2D eigenvalue weighted by Crippen LogP contribution is 2.24. The quantitative estimate of drug-likeness (QED) is 0.850.